The highest BCUT2D eigenvalue weighted by atomic mass is 35.5. The van der Waals surface area contributed by atoms with Gasteiger partial charge in [-0.3, -0.25) is 4.79 Å². The van der Waals surface area contributed by atoms with Gasteiger partial charge in [0.1, 0.15) is 5.82 Å². The van der Waals surface area contributed by atoms with Crippen LogP contribution in [-0.2, 0) is 11.0 Å². The van der Waals surface area contributed by atoms with E-state index in [0.717, 1.165) is 17.8 Å². The van der Waals surface area contributed by atoms with Gasteiger partial charge < -0.3 is 5.32 Å². The standard InChI is InChI=1S/C19H14ClF3N4O/c1-12-10-17(25-18(28)9-4-13-2-6-15(20)7-3-13)27(26-12)16-8-5-14(11-24-16)19(21,22)23/h2-11H,1H3,(H,25,28)/b9-4+. The van der Waals surface area contributed by atoms with Crippen molar-refractivity contribution in [3.05, 3.63) is 76.6 Å². The highest BCUT2D eigenvalue weighted by Crippen LogP contribution is 2.29. The summed E-state index contributed by atoms with van der Waals surface area (Å²) in [5, 5.41) is 7.40. The van der Waals surface area contributed by atoms with Crippen molar-refractivity contribution < 1.29 is 18.0 Å². The lowest BCUT2D eigenvalue weighted by Gasteiger charge is -2.09. The van der Waals surface area contributed by atoms with Crippen LogP contribution >= 0.6 is 11.6 Å². The third-order valence-electron chi connectivity index (χ3n) is 3.67. The molecule has 0 atom stereocenters. The first-order chi connectivity index (χ1) is 13.2. The van der Waals surface area contributed by atoms with Crippen LogP contribution in [-0.4, -0.2) is 20.7 Å². The lowest BCUT2D eigenvalue weighted by molar-refractivity contribution is -0.137. The van der Waals surface area contributed by atoms with E-state index in [4.69, 9.17) is 11.6 Å². The SMILES string of the molecule is Cc1cc(NC(=O)/C=C/c2ccc(Cl)cc2)n(-c2ccc(C(F)(F)F)cn2)n1. The van der Waals surface area contributed by atoms with Crippen molar-refractivity contribution in [3.63, 3.8) is 0 Å². The molecule has 0 aliphatic heterocycles. The summed E-state index contributed by atoms with van der Waals surface area (Å²) in [6, 6.07) is 10.6. The molecule has 0 spiro atoms. The minimum atomic E-state index is -4.48. The zero-order chi connectivity index (χ0) is 20.3. The number of hydrogen-bond acceptors (Lipinski definition) is 3. The number of rotatable bonds is 4. The Bertz CT molecular complexity index is 1010. The maximum Gasteiger partial charge on any atom is 0.417 e. The van der Waals surface area contributed by atoms with Gasteiger partial charge in [0, 0.05) is 23.4 Å². The van der Waals surface area contributed by atoms with Crippen molar-refractivity contribution >= 4 is 29.4 Å². The molecule has 2 aromatic heterocycles. The van der Waals surface area contributed by atoms with Gasteiger partial charge in [0.25, 0.3) is 0 Å². The summed E-state index contributed by atoms with van der Waals surface area (Å²) in [6.45, 7) is 1.69. The van der Waals surface area contributed by atoms with E-state index in [1.807, 2.05) is 0 Å². The number of aromatic nitrogens is 3. The summed E-state index contributed by atoms with van der Waals surface area (Å²) < 4.78 is 39.3. The van der Waals surface area contributed by atoms with E-state index in [1.54, 1.807) is 43.3 Å². The molecule has 1 N–H and O–H groups in total. The van der Waals surface area contributed by atoms with Crippen molar-refractivity contribution in [3.8, 4) is 5.82 Å². The number of carbonyl (C=O) groups excluding carboxylic acids is 1. The number of nitrogens with zero attached hydrogens (tertiary/aromatic N) is 3. The van der Waals surface area contributed by atoms with Crippen LogP contribution in [0.4, 0.5) is 19.0 Å². The average Bonchev–Trinajstić information content (AvgIpc) is 3.01. The third kappa shape index (κ3) is 4.77. The number of benzene rings is 1. The van der Waals surface area contributed by atoms with E-state index < -0.39 is 17.6 Å². The first-order valence-electron chi connectivity index (χ1n) is 8.07. The van der Waals surface area contributed by atoms with Crippen LogP contribution in [0.2, 0.25) is 5.02 Å². The first-order valence-corrected chi connectivity index (χ1v) is 8.45. The van der Waals surface area contributed by atoms with Crippen molar-refractivity contribution in [2.75, 3.05) is 5.32 Å². The normalized spacial score (nSPS) is 11.8. The fourth-order valence-electron chi connectivity index (χ4n) is 2.36. The molecule has 1 aromatic carbocycles. The average molecular weight is 407 g/mol. The Morgan fingerprint density at radius 2 is 1.89 bits per heavy atom. The minimum absolute atomic E-state index is 0.151. The van der Waals surface area contributed by atoms with Gasteiger partial charge in [-0.2, -0.15) is 23.0 Å². The van der Waals surface area contributed by atoms with Gasteiger partial charge in [0.2, 0.25) is 5.91 Å². The molecule has 2 heterocycles. The summed E-state index contributed by atoms with van der Waals surface area (Å²) in [4.78, 5) is 16.0. The van der Waals surface area contributed by atoms with Crippen LogP contribution in [0.3, 0.4) is 0 Å². The molecule has 0 aliphatic carbocycles. The molecule has 9 heteroatoms. The number of halogens is 4. The van der Waals surface area contributed by atoms with Crippen LogP contribution in [0.25, 0.3) is 11.9 Å². The van der Waals surface area contributed by atoms with Crippen molar-refractivity contribution in [1.82, 2.24) is 14.8 Å². The fourth-order valence-corrected chi connectivity index (χ4v) is 2.48. The molecule has 0 saturated carbocycles. The van der Waals surface area contributed by atoms with Gasteiger partial charge in [-0.05, 0) is 42.8 Å². The number of aryl methyl sites for hydroxylation is 1. The van der Waals surface area contributed by atoms with Crippen LogP contribution in [0.1, 0.15) is 16.8 Å². The number of hydrogen-bond donors (Lipinski definition) is 1. The molecule has 3 rings (SSSR count). The molecular formula is C19H14ClF3N4O. The zero-order valence-electron chi connectivity index (χ0n) is 14.5. The molecule has 0 fully saturated rings. The van der Waals surface area contributed by atoms with Crippen LogP contribution < -0.4 is 5.32 Å². The summed E-state index contributed by atoms with van der Waals surface area (Å²) in [5.41, 5.74) is 0.490. The largest absolute Gasteiger partial charge is 0.417 e. The maximum atomic E-state index is 12.7. The van der Waals surface area contributed by atoms with E-state index in [0.29, 0.717) is 10.7 Å². The Kier molecular flexibility index (Phi) is 5.51. The summed E-state index contributed by atoms with van der Waals surface area (Å²) in [7, 11) is 0. The number of anilines is 1. The first kappa shape index (κ1) is 19.6. The van der Waals surface area contributed by atoms with E-state index in [-0.39, 0.29) is 11.6 Å². The molecule has 144 valence electrons. The number of alkyl halides is 3. The lowest BCUT2D eigenvalue weighted by atomic mass is 10.2. The molecule has 3 aromatic rings. The van der Waals surface area contributed by atoms with E-state index >= 15 is 0 Å². The Morgan fingerprint density at radius 3 is 2.50 bits per heavy atom. The van der Waals surface area contributed by atoms with Crippen LogP contribution in [0.15, 0.2) is 54.7 Å². The number of pyridine rings is 1. The molecule has 0 radical (unpaired) electrons. The minimum Gasteiger partial charge on any atom is -0.307 e. The molecule has 0 saturated heterocycles. The fraction of sp³-hybridized carbons (Fsp3) is 0.105. The quantitative estimate of drug-likeness (QED) is 0.627. The van der Waals surface area contributed by atoms with E-state index in [9.17, 15) is 18.0 Å². The van der Waals surface area contributed by atoms with Crippen LogP contribution in [0.5, 0.6) is 0 Å². The monoisotopic (exact) mass is 406 g/mol. The Labute approximate surface area is 163 Å². The van der Waals surface area contributed by atoms with Crippen molar-refractivity contribution in [2.45, 2.75) is 13.1 Å². The Morgan fingerprint density at radius 1 is 1.18 bits per heavy atom. The lowest BCUT2D eigenvalue weighted by Crippen LogP contribution is -2.13. The third-order valence-corrected chi connectivity index (χ3v) is 3.92. The molecule has 28 heavy (non-hydrogen) atoms. The van der Waals surface area contributed by atoms with Gasteiger partial charge >= 0.3 is 6.18 Å². The molecule has 5 nitrogen and oxygen atoms in total. The van der Waals surface area contributed by atoms with Gasteiger partial charge in [-0.1, -0.05) is 23.7 Å². The molecule has 0 bridgehead atoms. The van der Waals surface area contributed by atoms with Crippen LogP contribution in [0, 0.1) is 6.92 Å². The molecule has 1 amide bonds. The zero-order valence-corrected chi connectivity index (χ0v) is 15.3. The second-order valence-corrected chi connectivity index (χ2v) is 6.30. The predicted octanol–water partition coefficient (Wildman–Crippen LogP) is 4.90. The van der Waals surface area contributed by atoms with E-state index in [2.05, 4.69) is 15.4 Å². The van der Waals surface area contributed by atoms with Gasteiger partial charge in [-0.15, -0.1) is 0 Å². The smallest absolute Gasteiger partial charge is 0.307 e. The van der Waals surface area contributed by atoms with Crippen molar-refractivity contribution in [2.24, 2.45) is 0 Å². The van der Waals surface area contributed by atoms with Gasteiger partial charge in [0.15, 0.2) is 5.82 Å². The van der Waals surface area contributed by atoms with E-state index in [1.165, 1.54) is 16.8 Å². The maximum absolute atomic E-state index is 12.7. The van der Waals surface area contributed by atoms with Crippen molar-refractivity contribution in [1.29, 1.82) is 0 Å². The summed E-state index contributed by atoms with van der Waals surface area (Å²) in [6.07, 6.45) is -0.820. The number of carbonyl (C=O) groups is 1. The predicted molar refractivity (Wildman–Crippen MR) is 100 cm³/mol. The molecule has 0 unspecified atom stereocenters. The van der Waals surface area contributed by atoms with Gasteiger partial charge in [0.05, 0.1) is 11.3 Å². The molecular weight excluding hydrogens is 393 g/mol. The Hall–Kier alpha value is -3.13. The number of nitrogens with one attached hydrogen (secondary N) is 1. The summed E-state index contributed by atoms with van der Waals surface area (Å²) in [5.74, 6) is 0.0107. The highest BCUT2D eigenvalue weighted by Gasteiger charge is 2.30. The topological polar surface area (TPSA) is 59.8 Å². The highest BCUT2D eigenvalue weighted by molar-refractivity contribution is 6.30. The second-order valence-electron chi connectivity index (χ2n) is 5.86. The second kappa shape index (κ2) is 7.85. The van der Waals surface area contributed by atoms with Gasteiger partial charge in [-0.25, -0.2) is 4.98 Å². The Balaban J connectivity index is 1.78. The summed E-state index contributed by atoms with van der Waals surface area (Å²) >= 11 is 5.81. The number of amides is 1. The molecule has 0 aliphatic rings.